The van der Waals surface area contributed by atoms with Gasteiger partial charge in [-0.1, -0.05) is 0 Å². The third-order valence-corrected chi connectivity index (χ3v) is 2.73. The predicted molar refractivity (Wildman–Crippen MR) is 70.8 cm³/mol. The van der Waals surface area contributed by atoms with Crippen molar-refractivity contribution in [3.63, 3.8) is 0 Å². The molecule has 1 aromatic carbocycles. The van der Waals surface area contributed by atoms with Gasteiger partial charge in [0.1, 0.15) is 18.5 Å². The van der Waals surface area contributed by atoms with E-state index in [1.165, 1.54) is 11.9 Å². The van der Waals surface area contributed by atoms with E-state index in [0.29, 0.717) is 11.3 Å². The Labute approximate surface area is 121 Å². The molecular weight excluding hydrogens is 285 g/mol. The summed E-state index contributed by atoms with van der Waals surface area (Å²) in [6.07, 6.45) is -6.00. The van der Waals surface area contributed by atoms with Crippen LogP contribution in [-0.4, -0.2) is 49.0 Å². The van der Waals surface area contributed by atoms with E-state index in [0.717, 1.165) is 0 Å². The largest absolute Gasteiger partial charge is 0.491 e. The first kappa shape index (κ1) is 17.3. The molecule has 0 spiro atoms. The highest BCUT2D eigenvalue weighted by molar-refractivity contribution is 5.34. The molecule has 1 atom stereocenters. The van der Waals surface area contributed by atoms with Gasteiger partial charge in [-0.15, -0.1) is 0 Å². The Balaban J connectivity index is 2.29. The summed E-state index contributed by atoms with van der Waals surface area (Å²) < 4.78 is 41.4. The van der Waals surface area contributed by atoms with Crippen LogP contribution in [0.5, 0.6) is 5.75 Å². The standard InChI is InChI=1S/C14H17F3N2O2/c1-19(7-6-14(15,16)17)9-12(20)10-21-13-4-2-11(8-18)3-5-13/h2-5,12,20H,6-7,9-10H2,1H3. The number of nitriles is 1. The van der Waals surface area contributed by atoms with Gasteiger partial charge in [-0.25, -0.2) is 0 Å². The van der Waals surface area contributed by atoms with Crippen molar-refractivity contribution in [3.05, 3.63) is 29.8 Å². The summed E-state index contributed by atoms with van der Waals surface area (Å²) in [7, 11) is 1.51. The predicted octanol–water partition coefficient (Wildman–Crippen LogP) is 2.18. The molecule has 0 aromatic heterocycles. The zero-order valence-corrected chi connectivity index (χ0v) is 11.6. The summed E-state index contributed by atoms with van der Waals surface area (Å²) >= 11 is 0. The van der Waals surface area contributed by atoms with Gasteiger partial charge in [0.2, 0.25) is 0 Å². The second kappa shape index (κ2) is 7.86. The summed E-state index contributed by atoms with van der Waals surface area (Å²) in [5.74, 6) is 0.492. The minimum Gasteiger partial charge on any atom is -0.491 e. The molecule has 0 saturated heterocycles. The molecule has 116 valence electrons. The van der Waals surface area contributed by atoms with Gasteiger partial charge in [0.05, 0.1) is 18.1 Å². The molecule has 1 unspecified atom stereocenters. The summed E-state index contributed by atoms with van der Waals surface area (Å²) in [6.45, 7) is -0.105. The summed E-state index contributed by atoms with van der Waals surface area (Å²) in [4.78, 5) is 1.40. The number of alkyl halides is 3. The first-order valence-corrected chi connectivity index (χ1v) is 6.36. The fourth-order valence-corrected chi connectivity index (χ4v) is 1.64. The number of halogens is 3. The lowest BCUT2D eigenvalue weighted by Crippen LogP contribution is -2.35. The highest BCUT2D eigenvalue weighted by atomic mass is 19.4. The van der Waals surface area contributed by atoms with E-state index in [1.54, 1.807) is 24.3 Å². The van der Waals surface area contributed by atoms with Crippen LogP contribution in [0.15, 0.2) is 24.3 Å². The number of nitrogens with zero attached hydrogens (tertiary/aromatic N) is 2. The number of ether oxygens (including phenoxy) is 1. The van der Waals surface area contributed by atoms with Gasteiger partial charge in [0, 0.05) is 13.1 Å². The normalized spacial score (nSPS) is 13.0. The van der Waals surface area contributed by atoms with Crippen LogP contribution >= 0.6 is 0 Å². The van der Waals surface area contributed by atoms with Crippen molar-refractivity contribution in [1.29, 1.82) is 5.26 Å². The molecule has 0 saturated carbocycles. The van der Waals surface area contributed by atoms with Crippen molar-refractivity contribution < 1.29 is 23.0 Å². The van der Waals surface area contributed by atoms with Gasteiger partial charge < -0.3 is 14.7 Å². The number of likely N-dealkylation sites (N-methyl/N-ethyl adjacent to an activating group) is 1. The maximum absolute atomic E-state index is 12.0. The minimum absolute atomic E-state index is 0.0255. The Bertz CT molecular complexity index is 469. The molecule has 7 heteroatoms. The van der Waals surface area contributed by atoms with E-state index in [-0.39, 0.29) is 19.7 Å². The second-order valence-corrected chi connectivity index (χ2v) is 4.73. The topological polar surface area (TPSA) is 56.5 Å². The summed E-state index contributed by atoms with van der Waals surface area (Å²) in [6, 6.07) is 8.32. The van der Waals surface area contributed by atoms with Crippen LogP contribution in [0.2, 0.25) is 0 Å². The molecule has 1 rings (SSSR count). The van der Waals surface area contributed by atoms with Crippen molar-refractivity contribution in [2.24, 2.45) is 0 Å². The Hall–Kier alpha value is -1.78. The van der Waals surface area contributed by atoms with Crippen LogP contribution in [0.1, 0.15) is 12.0 Å². The van der Waals surface area contributed by atoms with Crippen LogP contribution in [-0.2, 0) is 0 Å². The lowest BCUT2D eigenvalue weighted by Gasteiger charge is -2.21. The molecule has 4 nitrogen and oxygen atoms in total. The van der Waals surface area contributed by atoms with Crippen molar-refractivity contribution in [1.82, 2.24) is 4.90 Å². The number of benzene rings is 1. The zero-order valence-electron chi connectivity index (χ0n) is 11.6. The van der Waals surface area contributed by atoms with E-state index >= 15 is 0 Å². The molecule has 0 bridgehead atoms. The highest BCUT2D eigenvalue weighted by Crippen LogP contribution is 2.19. The van der Waals surface area contributed by atoms with Crippen molar-refractivity contribution in [3.8, 4) is 11.8 Å². The van der Waals surface area contributed by atoms with E-state index in [4.69, 9.17) is 10.00 Å². The summed E-state index contributed by atoms with van der Waals surface area (Å²) in [5.41, 5.74) is 0.495. The Morgan fingerprint density at radius 2 is 1.95 bits per heavy atom. The molecule has 1 aromatic rings. The number of aliphatic hydroxyl groups is 1. The highest BCUT2D eigenvalue weighted by Gasteiger charge is 2.27. The fraction of sp³-hybridized carbons (Fsp3) is 0.500. The number of hydrogen-bond acceptors (Lipinski definition) is 4. The molecular formula is C14H17F3N2O2. The summed E-state index contributed by atoms with van der Waals surface area (Å²) in [5, 5.41) is 18.3. The molecule has 0 aliphatic heterocycles. The van der Waals surface area contributed by atoms with Crippen LogP contribution in [0.3, 0.4) is 0 Å². The van der Waals surface area contributed by atoms with E-state index in [2.05, 4.69) is 0 Å². The van der Waals surface area contributed by atoms with Gasteiger partial charge in [-0.2, -0.15) is 18.4 Å². The first-order chi connectivity index (χ1) is 9.80. The average molecular weight is 302 g/mol. The second-order valence-electron chi connectivity index (χ2n) is 4.73. The number of aliphatic hydroxyl groups excluding tert-OH is 1. The molecule has 0 aliphatic carbocycles. The van der Waals surface area contributed by atoms with Gasteiger partial charge in [0.15, 0.2) is 0 Å². The third kappa shape index (κ3) is 7.54. The van der Waals surface area contributed by atoms with Crippen LogP contribution in [0, 0.1) is 11.3 Å². The quantitative estimate of drug-likeness (QED) is 0.839. The molecule has 1 N–H and O–H groups in total. The first-order valence-electron chi connectivity index (χ1n) is 6.36. The van der Waals surface area contributed by atoms with Crippen LogP contribution < -0.4 is 4.74 Å². The monoisotopic (exact) mass is 302 g/mol. The number of hydrogen-bond donors (Lipinski definition) is 1. The maximum Gasteiger partial charge on any atom is 0.390 e. The van der Waals surface area contributed by atoms with Crippen LogP contribution in [0.25, 0.3) is 0 Å². The van der Waals surface area contributed by atoms with Crippen molar-refractivity contribution in [2.75, 3.05) is 26.7 Å². The van der Waals surface area contributed by atoms with Crippen LogP contribution in [0.4, 0.5) is 13.2 Å². The molecule has 21 heavy (non-hydrogen) atoms. The third-order valence-electron chi connectivity index (χ3n) is 2.73. The van der Waals surface area contributed by atoms with Gasteiger partial charge in [-0.3, -0.25) is 0 Å². The molecule has 0 amide bonds. The minimum atomic E-state index is -4.20. The lowest BCUT2D eigenvalue weighted by molar-refractivity contribution is -0.138. The van der Waals surface area contributed by atoms with E-state index in [9.17, 15) is 18.3 Å². The smallest absolute Gasteiger partial charge is 0.390 e. The van der Waals surface area contributed by atoms with E-state index < -0.39 is 18.7 Å². The lowest BCUT2D eigenvalue weighted by atomic mass is 10.2. The molecule has 0 fully saturated rings. The van der Waals surface area contributed by atoms with E-state index in [1.807, 2.05) is 6.07 Å². The number of rotatable bonds is 7. The van der Waals surface area contributed by atoms with Gasteiger partial charge in [-0.05, 0) is 31.3 Å². The Morgan fingerprint density at radius 3 is 2.48 bits per heavy atom. The van der Waals surface area contributed by atoms with Crippen molar-refractivity contribution >= 4 is 0 Å². The zero-order chi connectivity index (χ0) is 15.9. The van der Waals surface area contributed by atoms with Crippen molar-refractivity contribution in [2.45, 2.75) is 18.7 Å². The SMILES string of the molecule is CN(CCC(F)(F)F)CC(O)COc1ccc(C#N)cc1. The Morgan fingerprint density at radius 1 is 1.33 bits per heavy atom. The molecule has 0 aliphatic rings. The van der Waals surface area contributed by atoms with Gasteiger partial charge >= 0.3 is 6.18 Å². The maximum atomic E-state index is 12.0. The fourth-order valence-electron chi connectivity index (χ4n) is 1.64. The Kier molecular flexibility index (Phi) is 6.46. The molecule has 0 heterocycles. The molecule has 0 radical (unpaired) electrons. The average Bonchev–Trinajstić information content (AvgIpc) is 2.43. The van der Waals surface area contributed by atoms with Gasteiger partial charge in [0.25, 0.3) is 0 Å².